The van der Waals surface area contributed by atoms with Gasteiger partial charge in [-0.2, -0.15) is 0 Å². The van der Waals surface area contributed by atoms with Gasteiger partial charge in [0, 0.05) is 22.6 Å². The third-order valence-corrected chi connectivity index (χ3v) is 4.34. The second kappa shape index (κ2) is 6.57. The number of hydrogen-bond donors (Lipinski definition) is 2. The first kappa shape index (κ1) is 16.8. The lowest BCUT2D eigenvalue weighted by Gasteiger charge is -2.10. The van der Waals surface area contributed by atoms with Gasteiger partial charge in [0.05, 0.1) is 12.6 Å². The van der Waals surface area contributed by atoms with E-state index in [2.05, 4.69) is 9.97 Å². The molecule has 0 saturated carbocycles. The van der Waals surface area contributed by atoms with Crippen LogP contribution in [0.1, 0.15) is 0 Å². The first-order chi connectivity index (χ1) is 13.1. The van der Waals surface area contributed by atoms with E-state index in [1.165, 1.54) is 19.2 Å². The summed E-state index contributed by atoms with van der Waals surface area (Å²) < 4.78 is 19.8. The van der Waals surface area contributed by atoms with E-state index < -0.39 is 0 Å². The normalized spacial score (nSPS) is 10.9. The summed E-state index contributed by atoms with van der Waals surface area (Å²) in [7, 11) is 1.45. The van der Waals surface area contributed by atoms with Crippen LogP contribution in [0, 0.1) is 5.82 Å². The van der Waals surface area contributed by atoms with Crippen LogP contribution in [0.25, 0.3) is 33.4 Å². The predicted octanol–water partition coefficient (Wildman–Crippen LogP) is 4.40. The second-order valence-corrected chi connectivity index (χ2v) is 6.03. The van der Waals surface area contributed by atoms with Crippen LogP contribution in [-0.2, 0) is 0 Å². The number of ether oxygens (including phenoxy) is 1. The van der Waals surface area contributed by atoms with Gasteiger partial charge in [0.2, 0.25) is 0 Å². The third-order valence-electron chi connectivity index (χ3n) is 4.34. The molecule has 0 radical (unpaired) electrons. The van der Waals surface area contributed by atoms with Gasteiger partial charge in [-0.05, 0) is 17.7 Å². The molecule has 0 aliphatic carbocycles. The maximum absolute atomic E-state index is 14.7. The van der Waals surface area contributed by atoms with Crippen molar-refractivity contribution in [2.24, 2.45) is 0 Å². The van der Waals surface area contributed by atoms with Gasteiger partial charge in [-0.15, -0.1) is 0 Å². The second-order valence-electron chi connectivity index (χ2n) is 6.03. The van der Waals surface area contributed by atoms with Crippen molar-refractivity contribution < 1.29 is 14.2 Å². The number of hydrogen-bond acceptors (Lipinski definition) is 5. The number of aromatic nitrogens is 2. The van der Waals surface area contributed by atoms with Gasteiger partial charge in [-0.25, -0.2) is 14.4 Å². The molecule has 3 N–H and O–H groups in total. The number of phenolic OH excluding ortho intramolecular Hbond substituents is 1. The Bertz CT molecular complexity index is 1150. The highest BCUT2D eigenvalue weighted by Gasteiger charge is 2.13. The summed E-state index contributed by atoms with van der Waals surface area (Å²) in [5, 5.41) is 10.4. The molecule has 5 nitrogen and oxygen atoms in total. The van der Waals surface area contributed by atoms with Gasteiger partial charge < -0.3 is 15.6 Å². The Balaban J connectivity index is 1.82. The number of aromatic hydroxyl groups is 1. The van der Waals surface area contributed by atoms with Crippen LogP contribution in [0.15, 0.2) is 60.7 Å². The molecule has 4 aromatic rings. The van der Waals surface area contributed by atoms with Crippen LogP contribution in [0.4, 0.5) is 10.2 Å². The van der Waals surface area contributed by atoms with E-state index in [1.807, 2.05) is 30.3 Å². The molecule has 0 spiro atoms. The van der Waals surface area contributed by atoms with Gasteiger partial charge in [-0.3, -0.25) is 0 Å². The molecule has 0 amide bonds. The Morgan fingerprint density at radius 2 is 1.74 bits per heavy atom. The van der Waals surface area contributed by atoms with E-state index >= 15 is 0 Å². The standard InChI is InChI=1S/C21H16FN3O2/c1-27-19-11-17-15(10-18(19)26)20(23)25-21(24-17)13-7-8-14(16(22)9-13)12-5-3-2-4-6-12/h2-11,26H,1H3,(H2,23,24,25). The summed E-state index contributed by atoms with van der Waals surface area (Å²) >= 11 is 0. The fraction of sp³-hybridized carbons (Fsp3) is 0.0476. The van der Waals surface area contributed by atoms with Crippen molar-refractivity contribution in [3.05, 3.63) is 66.5 Å². The number of phenols is 1. The summed E-state index contributed by atoms with van der Waals surface area (Å²) in [4.78, 5) is 8.71. The topological polar surface area (TPSA) is 81.3 Å². The van der Waals surface area contributed by atoms with Crippen molar-refractivity contribution >= 4 is 16.7 Å². The van der Waals surface area contributed by atoms with E-state index in [-0.39, 0.29) is 23.1 Å². The lowest BCUT2D eigenvalue weighted by Crippen LogP contribution is -1.99. The fourth-order valence-electron chi connectivity index (χ4n) is 2.97. The number of methoxy groups -OCH3 is 1. The lowest BCUT2D eigenvalue weighted by molar-refractivity contribution is 0.374. The highest BCUT2D eigenvalue weighted by Crippen LogP contribution is 2.34. The molecule has 0 atom stereocenters. The van der Waals surface area contributed by atoms with Gasteiger partial charge in [-0.1, -0.05) is 42.5 Å². The van der Waals surface area contributed by atoms with Crippen LogP contribution >= 0.6 is 0 Å². The summed E-state index contributed by atoms with van der Waals surface area (Å²) in [6.45, 7) is 0. The largest absolute Gasteiger partial charge is 0.504 e. The molecule has 0 aliphatic heterocycles. The van der Waals surface area contributed by atoms with Crippen molar-refractivity contribution in [2.45, 2.75) is 0 Å². The smallest absolute Gasteiger partial charge is 0.162 e. The van der Waals surface area contributed by atoms with Crippen LogP contribution in [0.3, 0.4) is 0 Å². The Morgan fingerprint density at radius 1 is 0.963 bits per heavy atom. The first-order valence-corrected chi connectivity index (χ1v) is 8.26. The molecular formula is C21H16FN3O2. The SMILES string of the molecule is COc1cc2nc(-c3ccc(-c4ccccc4)c(F)c3)nc(N)c2cc1O. The van der Waals surface area contributed by atoms with Gasteiger partial charge >= 0.3 is 0 Å². The molecule has 1 aromatic heterocycles. The Hall–Kier alpha value is -3.67. The monoisotopic (exact) mass is 361 g/mol. The van der Waals surface area contributed by atoms with Crippen LogP contribution in [0.2, 0.25) is 0 Å². The number of fused-ring (bicyclic) bond motifs is 1. The van der Waals surface area contributed by atoms with E-state index in [4.69, 9.17) is 10.5 Å². The molecule has 0 bridgehead atoms. The minimum Gasteiger partial charge on any atom is -0.504 e. The predicted molar refractivity (Wildman–Crippen MR) is 103 cm³/mol. The molecule has 27 heavy (non-hydrogen) atoms. The molecule has 134 valence electrons. The van der Waals surface area contributed by atoms with Crippen molar-refractivity contribution in [2.75, 3.05) is 12.8 Å². The molecule has 1 heterocycles. The third kappa shape index (κ3) is 3.01. The number of halogens is 1. The number of benzene rings is 3. The summed E-state index contributed by atoms with van der Waals surface area (Å²) in [5.41, 5.74) is 8.32. The van der Waals surface area contributed by atoms with Crippen molar-refractivity contribution in [3.8, 4) is 34.0 Å². The van der Waals surface area contributed by atoms with Crippen LogP contribution < -0.4 is 10.5 Å². The van der Waals surface area contributed by atoms with Crippen LogP contribution in [-0.4, -0.2) is 22.2 Å². The maximum atomic E-state index is 14.7. The van der Waals surface area contributed by atoms with E-state index in [0.29, 0.717) is 27.9 Å². The first-order valence-electron chi connectivity index (χ1n) is 8.26. The van der Waals surface area contributed by atoms with Gasteiger partial charge in [0.25, 0.3) is 0 Å². The summed E-state index contributed by atoms with van der Waals surface area (Å²) in [5.74, 6) is 0.347. The molecule has 6 heteroatoms. The Morgan fingerprint density at radius 3 is 2.44 bits per heavy atom. The van der Waals surface area contributed by atoms with Crippen molar-refractivity contribution in [1.82, 2.24) is 9.97 Å². The average molecular weight is 361 g/mol. The number of nitrogens with two attached hydrogens (primary N) is 1. The zero-order chi connectivity index (χ0) is 19.0. The molecular weight excluding hydrogens is 345 g/mol. The number of nitrogen functional groups attached to an aromatic ring is 1. The van der Waals surface area contributed by atoms with Crippen molar-refractivity contribution in [3.63, 3.8) is 0 Å². The fourth-order valence-corrected chi connectivity index (χ4v) is 2.97. The van der Waals surface area contributed by atoms with E-state index in [1.54, 1.807) is 18.2 Å². The highest BCUT2D eigenvalue weighted by molar-refractivity contribution is 5.92. The van der Waals surface area contributed by atoms with E-state index in [9.17, 15) is 9.50 Å². The van der Waals surface area contributed by atoms with Gasteiger partial charge in [0.1, 0.15) is 11.6 Å². The van der Waals surface area contributed by atoms with Crippen LogP contribution in [0.5, 0.6) is 11.5 Å². The minimum atomic E-state index is -0.371. The van der Waals surface area contributed by atoms with Gasteiger partial charge in [0.15, 0.2) is 17.3 Å². The minimum absolute atomic E-state index is 0.0497. The number of nitrogens with zero attached hydrogens (tertiary/aromatic N) is 2. The molecule has 0 fully saturated rings. The molecule has 4 rings (SSSR count). The summed E-state index contributed by atoms with van der Waals surface area (Å²) in [6.07, 6.45) is 0. The Kier molecular flexibility index (Phi) is 4.08. The number of anilines is 1. The zero-order valence-corrected chi connectivity index (χ0v) is 14.5. The maximum Gasteiger partial charge on any atom is 0.162 e. The average Bonchev–Trinajstić information content (AvgIpc) is 2.68. The molecule has 0 aliphatic rings. The summed E-state index contributed by atoms with van der Waals surface area (Å²) in [6, 6.07) is 17.2. The van der Waals surface area contributed by atoms with Crippen molar-refractivity contribution in [1.29, 1.82) is 0 Å². The zero-order valence-electron chi connectivity index (χ0n) is 14.5. The van der Waals surface area contributed by atoms with E-state index in [0.717, 1.165) is 5.56 Å². The Labute approximate surface area is 154 Å². The number of rotatable bonds is 3. The molecule has 0 unspecified atom stereocenters. The molecule has 3 aromatic carbocycles. The lowest BCUT2D eigenvalue weighted by atomic mass is 10.0. The molecule has 0 saturated heterocycles. The quantitative estimate of drug-likeness (QED) is 0.565. The highest BCUT2D eigenvalue weighted by atomic mass is 19.1.